The molecule has 2 aliphatic rings. The Kier molecular flexibility index (Phi) is 5.15. The maximum atomic E-state index is 13.3. The molecular weight excluding hydrogens is 372 g/mol. The van der Waals surface area contributed by atoms with Crippen LogP contribution in [-0.4, -0.2) is 38.9 Å². The lowest BCUT2D eigenvalue weighted by molar-refractivity contribution is -0.127. The third-order valence-corrected chi connectivity index (χ3v) is 7.45. The fourth-order valence-electron chi connectivity index (χ4n) is 4.14. The van der Waals surface area contributed by atoms with Gasteiger partial charge in [0.05, 0.1) is 10.6 Å². The van der Waals surface area contributed by atoms with E-state index in [-0.39, 0.29) is 11.8 Å². The van der Waals surface area contributed by atoms with Gasteiger partial charge in [-0.1, -0.05) is 37.3 Å². The average Bonchev–Trinajstić information content (AvgIpc) is 3.11. The number of rotatable bonds is 5. The summed E-state index contributed by atoms with van der Waals surface area (Å²) in [6, 6.07) is 14.9. The zero-order chi connectivity index (χ0) is 19.7. The summed E-state index contributed by atoms with van der Waals surface area (Å²) in [5.74, 6) is 0.499. The molecule has 0 N–H and O–H groups in total. The van der Waals surface area contributed by atoms with Crippen LogP contribution >= 0.6 is 0 Å². The Morgan fingerprint density at radius 2 is 1.82 bits per heavy atom. The molecule has 2 aromatic carbocycles. The van der Waals surface area contributed by atoms with Gasteiger partial charge in [-0.15, -0.1) is 0 Å². The molecule has 28 heavy (non-hydrogen) atoms. The molecule has 0 aromatic heterocycles. The van der Waals surface area contributed by atoms with E-state index < -0.39 is 10.0 Å². The largest absolute Gasteiger partial charge is 0.342 e. The maximum Gasteiger partial charge on any atom is 0.264 e. The van der Waals surface area contributed by atoms with Crippen molar-refractivity contribution in [2.45, 2.75) is 37.5 Å². The van der Waals surface area contributed by atoms with Crippen LogP contribution in [0.25, 0.3) is 0 Å². The Labute approximate surface area is 167 Å². The summed E-state index contributed by atoms with van der Waals surface area (Å²) in [6.45, 7) is 4.11. The van der Waals surface area contributed by atoms with Gasteiger partial charge in [-0.25, -0.2) is 8.42 Å². The molecule has 1 saturated heterocycles. The van der Waals surface area contributed by atoms with Crippen LogP contribution in [0.3, 0.4) is 0 Å². The minimum absolute atomic E-state index is 0.220. The highest BCUT2D eigenvalue weighted by Crippen LogP contribution is 2.33. The molecule has 6 heteroatoms. The summed E-state index contributed by atoms with van der Waals surface area (Å²) in [7, 11) is -3.60. The maximum absolute atomic E-state index is 13.3. The fourth-order valence-corrected chi connectivity index (χ4v) is 5.76. The molecule has 2 heterocycles. The van der Waals surface area contributed by atoms with Gasteiger partial charge in [0.25, 0.3) is 10.0 Å². The molecule has 0 spiro atoms. The fraction of sp³-hybridized carbons (Fsp3) is 0.409. The van der Waals surface area contributed by atoms with Crippen LogP contribution in [0.1, 0.15) is 30.9 Å². The van der Waals surface area contributed by atoms with Crippen molar-refractivity contribution in [3.8, 4) is 0 Å². The molecule has 5 nitrogen and oxygen atoms in total. The number of para-hydroxylation sites is 1. The summed E-state index contributed by atoms with van der Waals surface area (Å²) in [4.78, 5) is 13.9. The molecule has 2 aromatic rings. The van der Waals surface area contributed by atoms with E-state index in [1.54, 1.807) is 16.4 Å². The molecule has 0 radical (unpaired) electrons. The summed E-state index contributed by atoms with van der Waals surface area (Å²) in [6.07, 6.45) is 3.23. The number of benzene rings is 2. The van der Waals surface area contributed by atoms with E-state index in [9.17, 15) is 13.2 Å². The van der Waals surface area contributed by atoms with E-state index in [0.29, 0.717) is 24.4 Å². The normalized spacial score (nSPS) is 19.8. The second kappa shape index (κ2) is 7.59. The molecule has 1 amide bonds. The van der Waals surface area contributed by atoms with Gasteiger partial charge in [-0.05, 0) is 54.5 Å². The highest BCUT2D eigenvalue weighted by atomic mass is 32.2. The molecule has 4 rings (SSSR count). The first-order chi connectivity index (χ1) is 13.4. The van der Waals surface area contributed by atoms with E-state index in [1.165, 1.54) is 0 Å². The van der Waals surface area contributed by atoms with Crippen molar-refractivity contribution >= 4 is 21.6 Å². The van der Waals surface area contributed by atoms with Crippen LogP contribution in [0.15, 0.2) is 53.4 Å². The minimum atomic E-state index is -3.60. The lowest BCUT2D eigenvalue weighted by Gasteiger charge is -2.33. The van der Waals surface area contributed by atoms with Crippen LogP contribution in [-0.2, 0) is 27.7 Å². The molecular formula is C22H26N2O3S. The number of hydrogen-bond acceptors (Lipinski definition) is 3. The van der Waals surface area contributed by atoms with Gasteiger partial charge in [0.2, 0.25) is 5.91 Å². The minimum Gasteiger partial charge on any atom is -0.342 e. The van der Waals surface area contributed by atoms with Crippen molar-refractivity contribution in [2.75, 3.05) is 23.9 Å². The number of fused-ring (bicyclic) bond motifs is 1. The number of carbonyl (C=O) groups is 1. The van der Waals surface area contributed by atoms with Gasteiger partial charge in [0, 0.05) is 26.1 Å². The van der Waals surface area contributed by atoms with Crippen LogP contribution < -0.4 is 4.31 Å². The quantitative estimate of drug-likeness (QED) is 0.777. The van der Waals surface area contributed by atoms with Crippen molar-refractivity contribution in [1.82, 2.24) is 4.90 Å². The van der Waals surface area contributed by atoms with Crippen molar-refractivity contribution in [2.24, 2.45) is 5.92 Å². The number of carbonyl (C=O) groups excluding carboxylic acids is 1. The molecule has 0 bridgehead atoms. The van der Waals surface area contributed by atoms with Gasteiger partial charge >= 0.3 is 0 Å². The average molecular weight is 399 g/mol. The SMILES string of the molecule is CC1Cc2ccccc2N(S(=O)(=O)c2ccc(CCN3CCCC3=O)cc2)C1. The lowest BCUT2D eigenvalue weighted by atomic mass is 9.96. The number of likely N-dealkylation sites (tertiary alicyclic amines) is 1. The second-order valence-corrected chi connectivity index (χ2v) is 9.71. The van der Waals surface area contributed by atoms with Crippen molar-refractivity contribution in [3.63, 3.8) is 0 Å². The highest BCUT2D eigenvalue weighted by molar-refractivity contribution is 7.92. The molecule has 148 valence electrons. The van der Waals surface area contributed by atoms with Gasteiger partial charge < -0.3 is 4.90 Å². The topological polar surface area (TPSA) is 57.7 Å². The van der Waals surface area contributed by atoms with Crippen LogP contribution in [0.4, 0.5) is 5.69 Å². The number of hydrogen-bond donors (Lipinski definition) is 0. The monoisotopic (exact) mass is 398 g/mol. The van der Waals surface area contributed by atoms with E-state index in [0.717, 1.165) is 42.6 Å². The van der Waals surface area contributed by atoms with Gasteiger partial charge in [0.15, 0.2) is 0 Å². The number of nitrogens with zero attached hydrogens (tertiary/aromatic N) is 2. The Morgan fingerprint density at radius 1 is 1.07 bits per heavy atom. The van der Waals surface area contributed by atoms with Crippen LogP contribution in [0.2, 0.25) is 0 Å². The standard InChI is InChI=1S/C22H26N2O3S/c1-17-15-19-5-2-3-6-21(19)24(16-17)28(26,27)20-10-8-18(9-11-20)12-14-23-13-4-7-22(23)25/h2-3,5-6,8-11,17H,4,7,12-16H2,1H3. The third-order valence-electron chi connectivity index (χ3n) is 5.66. The first-order valence-electron chi connectivity index (χ1n) is 9.92. The number of amides is 1. The first-order valence-corrected chi connectivity index (χ1v) is 11.4. The predicted molar refractivity (Wildman–Crippen MR) is 110 cm³/mol. The summed E-state index contributed by atoms with van der Waals surface area (Å²) in [5, 5.41) is 0. The lowest BCUT2D eigenvalue weighted by Crippen LogP contribution is -2.39. The van der Waals surface area contributed by atoms with Crippen molar-refractivity contribution in [1.29, 1.82) is 0 Å². The molecule has 1 fully saturated rings. The summed E-state index contributed by atoms with van der Waals surface area (Å²) in [5.41, 5.74) is 2.92. The van der Waals surface area contributed by atoms with E-state index in [2.05, 4.69) is 6.92 Å². The molecule has 1 atom stereocenters. The van der Waals surface area contributed by atoms with E-state index >= 15 is 0 Å². The molecule has 1 unspecified atom stereocenters. The van der Waals surface area contributed by atoms with Gasteiger partial charge in [-0.3, -0.25) is 9.10 Å². The van der Waals surface area contributed by atoms with Crippen molar-refractivity contribution in [3.05, 3.63) is 59.7 Å². The molecule has 2 aliphatic heterocycles. The summed E-state index contributed by atoms with van der Waals surface area (Å²) >= 11 is 0. The van der Waals surface area contributed by atoms with Crippen molar-refractivity contribution < 1.29 is 13.2 Å². The Morgan fingerprint density at radius 3 is 2.54 bits per heavy atom. The third kappa shape index (κ3) is 3.65. The Bertz CT molecular complexity index is 970. The number of sulfonamides is 1. The zero-order valence-corrected chi connectivity index (χ0v) is 17.0. The first kappa shape index (κ1) is 19.0. The van der Waals surface area contributed by atoms with Gasteiger partial charge in [0.1, 0.15) is 0 Å². The predicted octanol–water partition coefficient (Wildman–Crippen LogP) is 3.24. The molecule has 0 saturated carbocycles. The Hall–Kier alpha value is -2.34. The van der Waals surface area contributed by atoms with Crippen LogP contribution in [0.5, 0.6) is 0 Å². The zero-order valence-electron chi connectivity index (χ0n) is 16.2. The highest BCUT2D eigenvalue weighted by Gasteiger charge is 2.31. The Balaban J connectivity index is 1.53. The summed E-state index contributed by atoms with van der Waals surface area (Å²) < 4.78 is 28.1. The van der Waals surface area contributed by atoms with E-state index in [1.807, 2.05) is 41.3 Å². The van der Waals surface area contributed by atoms with Gasteiger partial charge in [-0.2, -0.15) is 0 Å². The number of anilines is 1. The molecule has 0 aliphatic carbocycles. The smallest absolute Gasteiger partial charge is 0.264 e. The van der Waals surface area contributed by atoms with E-state index in [4.69, 9.17) is 0 Å². The van der Waals surface area contributed by atoms with Crippen LogP contribution in [0, 0.1) is 5.92 Å². The second-order valence-electron chi connectivity index (χ2n) is 7.85.